The topological polar surface area (TPSA) is 80.4 Å². The molecule has 19 heavy (non-hydrogen) atoms. The molecule has 0 bridgehead atoms. The second-order valence-electron chi connectivity index (χ2n) is 5.62. The van der Waals surface area contributed by atoms with E-state index in [1.165, 1.54) is 0 Å². The van der Waals surface area contributed by atoms with Crippen molar-refractivity contribution >= 4 is 9.84 Å². The predicted octanol–water partition coefficient (Wildman–Crippen LogP) is 1.90. The maximum atomic E-state index is 12.2. The van der Waals surface area contributed by atoms with Crippen LogP contribution < -0.4 is 0 Å². The van der Waals surface area contributed by atoms with Gasteiger partial charge in [-0.2, -0.15) is 0 Å². The molecule has 0 amide bonds. The Balaban J connectivity index is 2.11. The van der Waals surface area contributed by atoms with E-state index in [-0.39, 0.29) is 11.5 Å². The standard InChI is InChI=1S/C13H21NO4S/c1-10-12(11(2)18-14-10)8-19(16,17)9-13(15)6-4-3-5-7-13/h15H,3-9H2,1-2H3. The van der Waals surface area contributed by atoms with Gasteiger partial charge in [-0.3, -0.25) is 0 Å². The highest BCUT2D eigenvalue weighted by atomic mass is 32.2. The Bertz CT molecular complexity index is 521. The lowest BCUT2D eigenvalue weighted by molar-refractivity contribution is 0.0257. The van der Waals surface area contributed by atoms with Crippen molar-refractivity contribution in [3.8, 4) is 0 Å². The summed E-state index contributed by atoms with van der Waals surface area (Å²) in [5, 5.41) is 14.1. The Labute approximate surface area is 113 Å². The number of sulfone groups is 1. The van der Waals surface area contributed by atoms with E-state index in [4.69, 9.17) is 4.52 Å². The summed E-state index contributed by atoms with van der Waals surface area (Å²) in [5.74, 6) is 0.275. The van der Waals surface area contributed by atoms with Gasteiger partial charge in [-0.1, -0.05) is 24.4 Å². The van der Waals surface area contributed by atoms with Gasteiger partial charge in [-0.05, 0) is 26.7 Å². The molecule has 6 heteroatoms. The smallest absolute Gasteiger partial charge is 0.157 e. The van der Waals surface area contributed by atoms with Crippen LogP contribution in [0.2, 0.25) is 0 Å². The molecule has 0 spiro atoms. The summed E-state index contributed by atoms with van der Waals surface area (Å²) in [7, 11) is -3.36. The normalized spacial score (nSPS) is 19.5. The largest absolute Gasteiger partial charge is 0.389 e. The monoisotopic (exact) mass is 287 g/mol. The Morgan fingerprint density at radius 1 is 1.26 bits per heavy atom. The molecule has 1 aromatic rings. The van der Waals surface area contributed by atoms with Crippen LogP contribution in [0.15, 0.2) is 4.52 Å². The van der Waals surface area contributed by atoms with Crippen molar-refractivity contribution in [2.24, 2.45) is 0 Å². The fraction of sp³-hybridized carbons (Fsp3) is 0.769. The maximum absolute atomic E-state index is 12.2. The minimum absolute atomic E-state index is 0.101. The molecule has 5 nitrogen and oxygen atoms in total. The minimum atomic E-state index is -3.36. The molecule has 1 saturated carbocycles. The molecular formula is C13H21NO4S. The number of hydrogen-bond acceptors (Lipinski definition) is 5. The summed E-state index contributed by atoms with van der Waals surface area (Å²) in [6, 6.07) is 0. The third kappa shape index (κ3) is 3.57. The fourth-order valence-corrected chi connectivity index (χ4v) is 4.80. The Kier molecular flexibility index (Phi) is 4.01. The second kappa shape index (κ2) is 5.25. The third-order valence-corrected chi connectivity index (χ3v) is 5.52. The lowest BCUT2D eigenvalue weighted by Crippen LogP contribution is -2.39. The first kappa shape index (κ1) is 14.5. The van der Waals surface area contributed by atoms with E-state index in [1.54, 1.807) is 13.8 Å². The molecule has 0 atom stereocenters. The minimum Gasteiger partial charge on any atom is -0.389 e. The molecule has 1 N–H and O–H groups in total. The van der Waals surface area contributed by atoms with Gasteiger partial charge in [0.05, 0.1) is 22.8 Å². The van der Waals surface area contributed by atoms with Crippen molar-refractivity contribution in [1.29, 1.82) is 0 Å². The summed E-state index contributed by atoms with van der Waals surface area (Å²) < 4.78 is 29.5. The van der Waals surface area contributed by atoms with Gasteiger partial charge < -0.3 is 9.63 Å². The van der Waals surface area contributed by atoms with Crippen LogP contribution in [0.5, 0.6) is 0 Å². The summed E-state index contributed by atoms with van der Waals surface area (Å²) in [4.78, 5) is 0. The van der Waals surface area contributed by atoms with Crippen LogP contribution >= 0.6 is 0 Å². The summed E-state index contributed by atoms with van der Waals surface area (Å²) in [6.45, 7) is 3.44. The van der Waals surface area contributed by atoms with Crippen molar-refractivity contribution in [1.82, 2.24) is 5.16 Å². The SMILES string of the molecule is Cc1noc(C)c1CS(=O)(=O)CC1(O)CCCCC1. The average molecular weight is 287 g/mol. The first-order valence-electron chi connectivity index (χ1n) is 6.66. The molecular weight excluding hydrogens is 266 g/mol. The Morgan fingerprint density at radius 2 is 1.89 bits per heavy atom. The molecule has 1 fully saturated rings. The van der Waals surface area contributed by atoms with Gasteiger partial charge >= 0.3 is 0 Å². The molecule has 1 aliphatic carbocycles. The zero-order chi connectivity index (χ0) is 14.1. The van der Waals surface area contributed by atoms with Crippen LogP contribution in [0.3, 0.4) is 0 Å². The molecule has 108 valence electrons. The van der Waals surface area contributed by atoms with E-state index in [1.807, 2.05) is 0 Å². The van der Waals surface area contributed by atoms with Crippen molar-refractivity contribution < 1.29 is 18.0 Å². The molecule has 0 saturated heterocycles. The number of hydrogen-bond donors (Lipinski definition) is 1. The zero-order valence-electron chi connectivity index (χ0n) is 11.5. The Hall–Kier alpha value is -0.880. The van der Waals surface area contributed by atoms with E-state index >= 15 is 0 Å². The average Bonchev–Trinajstić information content (AvgIpc) is 2.60. The highest BCUT2D eigenvalue weighted by Gasteiger charge is 2.35. The van der Waals surface area contributed by atoms with E-state index in [0.717, 1.165) is 19.3 Å². The maximum Gasteiger partial charge on any atom is 0.157 e. The van der Waals surface area contributed by atoms with Gasteiger partial charge in [0, 0.05) is 5.56 Å². The first-order valence-corrected chi connectivity index (χ1v) is 8.48. The molecule has 0 unspecified atom stereocenters. The van der Waals surface area contributed by atoms with Gasteiger partial charge in [-0.25, -0.2) is 8.42 Å². The number of rotatable bonds is 4. The highest BCUT2D eigenvalue weighted by molar-refractivity contribution is 7.90. The van der Waals surface area contributed by atoms with Crippen molar-refractivity contribution in [2.45, 2.75) is 57.3 Å². The summed E-state index contributed by atoms with van der Waals surface area (Å²) in [5.41, 5.74) is 0.187. The van der Waals surface area contributed by atoms with Gasteiger partial charge in [-0.15, -0.1) is 0 Å². The van der Waals surface area contributed by atoms with Crippen LogP contribution in [0, 0.1) is 13.8 Å². The van der Waals surface area contributed by atoms with Crippen LogP contribution in [-0.2, 0) is 15.6 Å². The molecule has 1 heterocycles. The Morgan fingerprint density at radius 3 is 2.42 bits per heavy atom. The lowest BCUT2D eigenvalue weighted by atomic mass is 9.86. The first-order chi connectivity index (χ1) is 8.81. The summed E-state index contributed by atoms with van der Waals surface area (Å²) in [6.07, 6.45) is 4.03. The van der Waals surface area contributed by atoms with Crippen molar-refractivity contribution in [2.75, 3.05) is 5.75 Å². The van der Waals surface area contributed by atoms with Crippen LogP contribution in [0.25, 0.3) is 0 Å². The predicted molar refractivity (Wildman–Crippen MR) is 71.5 cm³/mol. The zero-order valence-corrected chi connectivity index (χ0v) is 12.3. The van der Waals surface area contributed by atoms with Gasteiger partial charge in [0.2, 0.25) is 0 Å². The van der Waals surface area contributed by atoms with E-state index in [0.29, 0.717) is 29.9 Å². The van der Waals surface area contributed by atoms with Gasteiger partial charge in [0.15, 0.2) is 9.84 Å². The fourth-order valence-electron chi connectivity index (χ4n) is 2.74. The number of aliphatic hydroxyl groups is 1. The lowest BCUT2D eigenvalue weighted by Gasteiger charge is -2.31. The van der Waals surface area contributed by atoms with Crippen LogP contribution in [-0.4, -0.2) is 30.0 Å². The second-order valence-corrected chi connectivity index (χ2v) is 7.68. The quantitative estimate of drug-likeness (QED) is 0.914. The van der Waals surface area contributed by atoms with Crippen molar-refractivity contribution in [3.05, 3.63) is 17.0 Å². The number of aromatic nitrogens is 1. The van der Waals surface area contributed by atoms with Crippen LogP contribution in [0.1, 0.15) is 49.1 Å². The number of nitrogens with zero attached hydrogens (tertiary/aromatic N) is 1. The number of aryl methyl sites for hydroxylation is 2. The summed E-state index contributed by atoms with van der Waals surface area (Å²) >= 11 is 0. The van der Waals surface area contributed by atoms with E-state index in [2.05, 4.69) is 5.16 Å². The van der Waals surface area contributed by atoms with Gasteiger partial charge in [0.1, 0.15) is 5.76 Å². The molecule has 1 aliphatic rings. The van der Waals surface area contributed by atoms with Gasteiger partial charge in [0.25, 0.3) is 0 Å². The van der Waals surface area contributed by atoms with Crippen LogP contribution in [0.4, 0.5) is 0 Å². The molecule has 0 radical (unpaired) electrons. The molecule has 0 aliphatic heterocycles. The molecule has 2 rings (SSSR count). The van der Waals surface area contributed by atoms with Crippen molar-refractivity contribution in [3.63, 3.8) is 0 Å². The van der Waals surface area contributed by atoms with E-state index in [9.17, 15) is 13.5 Å². The highest BCUT2D eigenvalue weighted by Crippen LogP contribution is 2.30. The molecule has 1 aromatic heterocycles. The molecule has 0 aromatic carbocycles. The third-order valence-electron chi connectivity index (χ3n) is 3.82. The van der Waals surface area contributed by atoms with E-state index < -0.39 is 15.4 Å².